The zero-order valence-electron chi connectivity index (χ0n) is 16.3. The Morgan fingerprint density at radius 1 is 0.931 bits per heavy atom. The summed E-state index contributed by atoms with van der Waals surface area (Å²) in [4.78, 5) is 35.6. The number of ether oxygens (including phenoxy) is 3. The lowest BCUT2D eigenvalue weighted by atomic mass is 10.2. The number of urea groups is 1. The number of benzene rings is 2. The molecule has 0 heterocycles. The molecule has 8 heteroatoms. The molecule has 0 spiro atoms. The maximum Gasteiger partial charge on any atom is 0.344 e. The first kappa shape index (κ1) is 21.7. The summed E-state index contributed by atoms with van der Waals surface area (Å²) in [5.41, 5.74) is 0.890. The van der Waals surface area contributed by atoms with Crippen LogP contribution in [0.5, 0.6) is 11.5 Å². The zero-order valence-corrected chi connectivity index (χ0v) is 16.3. The minimum absolute atomic E-state index is 0.268. The first-order valence-electron chi connectivity index (χ1n) is 9.15. The summed E-state index contributed by atoms with van der Waals surface area (Å²) in [6, 6.07) is 15.3. The first-order chi connectivity index (χ1) is 14.0. The van der Waals surface area contributed by atoms with E-state index in [0.717, 1.165) is 5.56 Å². The second-order valence-electron chi connectivity index (χ2n) is 5.98. The highest BCUT2D eigenvalue weighted by Gasteiger charge is 2.20. The van der Waals surface area contributed by atoms with Gasteiger partial charge in [-0.1, -0.05) is 30.3 Å². The highest BCUT2D eigenvalue weighted by molar-refractivity contribution is 5.97. The van der Waals surface area contributed by atoms with Gasteiger partial charge in [0.05, 0.1) is 6.61 Å². The molecule has 0 aliphatic carbocycles. The number of carbonyl (C=O) groups is 3. The number of amides is 3. The van der Waals surface area contributed by atoms with E-state index in [1.165, 1.54) is 6.92 Å². The molecule has 0 aliphatic rings. The van der Waals surface area contributed by atoms with Gasteiger partial charge in [0.15, 0.2) is 12.7 Å². The Bertz CT molecular complexity index is 808. The highest BCUT2D eigenvalue weighted by atomic mass is 16.6. The van der Waals surface area contributed by atoms with Crippen LogP contribution >= 0.6 is 0 Å². The minimum atomic E-state index is -1.14. The molecule has 0 radical (unpaired) electrons. The fraction of sp³-hybridized carbons (Fsp3) is 0.286. The maximum atomic E-state index is 12.0. The van der Waals surface area contributed by atoms with Gasteiger partial charge in [-0.15, -0.1) is 0 Å². The van der Waals surface area contributed by atoms with Crippen molar-refractivity contribution < 1.29 is 28.6 Å². The van der Waals surface area contributed by atoms with Crippen molar-refractivity contribution in [2.45, 2.75) is 26.5 Å². The van der Waals surface area contributed by atoms with Crippen LogP contribution in [-0.4, -0.2) is 37.2 Å². The van der Waals surface area contributed by atoms with E-state index in [2.05, 4.69) is 10.6 Å². The Balaban J connectivity index is 1.69. The van der Waals surface area contributed by atoms with Crippen molar-refractivity contribution in [3.8, 4) is 11.5 Å². The molecule has 0 aromatic heterocycles. The smallest absolute Gasteiger partial charge is 0.344 e. The molecule has 2 N–H and O–H groups in total. The van der Waals surface area contributed by atoms with Crippen molar-refractivity contribution in [1.82, 2.24) is 10.6 Å². The van der Waals surface area contributed by atoms with Crippen LogP contribution in [0.15, 0.2) is 54.6 Å². The second kappa shape index (κ2) is 11.3. The third kappa shape index (κ3) is 7.92. The molecule has 154 valence electrons. The minimum Gasteiger partial charge on any atom is -0.494 e. The number of esters is 1. The van der Waals surface area contributed by atoms with Gasteiger partial charge in [-0.3, -0.25) is 10.1 Å². The number of imide groups is 1. The van der Waals surface area contributed by atoms with Crippen molar-refractivity contribution in [2.75, 3.05) is 13.2 Å². The third-order valence-corrected chi connectivity index (χ3v) is 3.70. The van der Waals surface area contributed by atoms with Gasteiger partial charge in [0, 0.05) is 6.54 Å². The molecule has 0 saturated carbocycles. The fourth-order valence-electron chi connectivity index (χ4n) is 2.26. The molecule has 0 saturated heterocycles. The summed E-state index contributed by atoms with van der Waals surface area (Å²) >= 11 is 0. The van der Waals surface area contributed by atoms with Crippen LogP contribution in [0.1, 0.15) is 19.4 Å². The molecule has 8 nitrogen and oxygen atoms in total. The summed E-state index contributed by atoms with van der Waals surface area (Å²) in [6.45, 7) is 3.70. The quantitative estimate of drug-likeness (QED) is 0.627. The SMILES string of the molecule is CCOc1ccc(OCC(=O)O[C@@H](C)C(=O)NC(=O)NCc2ccccc2)cc1. The van der Waals surface area contributed by atoms with Gasteiger partial charge >= 0.3 is 12.0 Å². The molecule has 1 atom stereocenters. The number of hydrogen-bond donors (Lipinski definition) is 2. The molecule has 0 aliphatic heterocycles. The van der Waals surface area contributed by atoms with Crippen LogP contribution in [0, 0.1) is 0 Å². The highest BCUT2D eigenvalue weighted by Crippen LogP contribution is 2.17. The molecule has 2 aromatic carbocycles. The number of rotatable bonds is 9. The van der Waals surface area contributed by atoms with E-state index >= 15 is 0 Å². The molecule has 0 bridgehead atoms. The molecule has 2 rings (SSSR count). The van der Waals surface area contributed by atoms with E-state index in [9.17, 15) is 14.4 Å². The van der Waals surface area contributed by atoms with E-state index in [1.54, 1.807) is 24.3 Å². The van der Waals surface area contributed by atoms with E-state index in [0.29, 0.717) is 18.1 Å². The molecule has 0 unspecified atom stereocenters. The summed E-state index contributed by atoms with van der Waals surface area (Å²) < 4.78 is 15.6. The Kier molecular flexibility index (Phi) is 8.50. The molecule has 29 heavy (non-hydrogen) atoms. The van der Waals surface area contributed by atoms with Crippen molar-refractivity contribution in [3.63, 3.8) is 0 Å². The summed E-state index contributed by atoms with van der Waals surface area (Å²) in [6.07, 6.45) is -1.14. The van der Waals surface area contributed by atoms with Gasteiger partial charge in [-0.05, 0) is 43.7 Å². The van der Waals surface area contributed by atoms with Gasteiger partial charge in [0.25, 0.3) is 5.91 Å². The van der Waals surface area contributed by atoms with Gasteiger partial charge in [-0.2, -0.15) is 0 Å². The van der Waals surface area contributed by atoms with E-state index in [4.69, 9.17) is 14.2 Å². The molecule has 0 fully saturated rings. The van der Waals surface area contributed by atoms with Crippen LogP contribution in [0.4, 0.5) is 4.79 Å². The standard InChI is InChI=1S/C21H24N2O6/c1-3-27-17-9-11-18(12-10-17)28-14-19(24)29-15(2)20(25)23-21(26)22-13-16-7-5-4-6-8-16/h4-12,15H,3,13-14H2,1-2H3,(H2,22,23,25,26)/t15-/m0/s1. The van der Waals surface area contributed by atoms with Gasteiger partial charge in [-0.25, -0.2) is 9.59 Å². The maximum absolute atomic E-state index is 12.0. The third-order valence-electron chi connectivity index (χ3n) is 3.70. The fourth-order valence-corrected chi connectivity index (χ4v) is 2.26. The van der Waals surface area contributed by atoms with E-state index in [1.807, 2.05) is 37.3 Å². The monoisotopic (exact) mass is 400 g/mol. The van der Waals surface area contributed by atoms with E-state index < -0.39 is 24.0 Å². The lowest BCUT2D eigenvalue weighted by Crippen LogP contribution is -2.44. The van der Waals surface area contributed by atoms with Crippen molar-refractivity contribution >= 4 is 17.9 Å². The van der Waals surface area contributed by atoms with Crippen LogP contribution in [0.2, 0.25) is 0 Å². The van der Waals surface area contributed by atoms with Crippen LogP contribution in [-0.2, 0) is 20.9 Å². The molecule has 3 amide bonds. The predicted molar refractivity (Wildman–Crippen MR) is 105 cm³/mol. The summed E-state index contributed by atoms with van der Waals surface area (Å²) in [5.74, 6) is -0.308. The van der Waals surface area contributed by atoms with Crippen molar-refractivity contribution in [3.05, 3.63) is 60.2 Å². The second-order valence-corrected chi connectivity index (χ2v) is 5.98. The van der Waals surface area contributed by atoms with Gasteiger partial charge in [0.2, 0.25) is 0 Å². The van der Waals surface area contributed by atoms with Gasteiger partial charge in [0.1, 0.15) is 11.5 Å². The Morgan fingerprint density at radius 2 is 1.55 bits per heavy atom. The molecular formula is C21H24N2O6. The van der Waals surface area contributed by atoms with Crippen LogP contribution in [0.25, 0.3) is 0 Å². The predicted octanol–water partition coefficient (Wildman–Crippen LogP) is 2.42. The number of hydrogen-bond acceptors (Lipinski definition) is 6. The van der Waals surface area contributed by atoms with Crippen LogP contribution in [0.3, 0.4) is 0 Å². The lowest BCUT2D eigenvalue weighted by molar-refractivity contribution is -0.156. The lowest BCUT2D eigenvalue weighted by Gasteiger charge is -2.14. The molecule has 2 aromatic rings. The van der Waals surface area contributed by atoms with Crippen molar-refractivity contribution in [2.24, 2.45) is 0 Å². The Morgan fingerprint density at radius 3 is 2.17 bits per heavy atom. The summed E-state index contributed by atoms with van der Waals surface area (Å²) in [5, 5.41) is 4.68. The van der Waals surface area contributed by atoms with Crippen LogP contribution < -0.4 is 20.1 Å². The zero-order chi connectivity index (χ0) is 21.1. The average molecular weight is 400 g/mol. The normalized spacial score (nSPS) is 11.1. The van der Waals surface area contributed by atoms with Gasteiger partial charge < -0.3 is 19.5 Å². The summed E-state index contributed by atoms with van der Waals surface area (Å²) in [7, 11) is 0. The Hall–Kier alpha value is -3.55. The topological polar surface area (TPSA) is 103 Å². The number of nitrogens with one attached hydrogen (secondary N) is 2. The first-order valence-corrected chi connectivity index (χ1v) is 9.15. The number of carbonyl (C=O) groups excluding carboxylic acids is 3. The van der Waals surface area contributed by atoms with Crippen molar-refractivity contribution in [1.29, 1.82) is 0 Å². The largest absolute Gasteiger partial charge is 0.494 e. The molecular weight excluding hydrogens is 376 g/mol. The van der Waals surface area contributed by atoms with E-state index in [-0.39, 0.29) is 13.2 Å². The average Bonchev–Trinajstić information content (AvgIpc) is 2.72. The Labute approximate surface area is 169 Å².